The van der Waals surface area contributed by atoms with Gasteiger partial charge in [-0.05, 0) is 45.2 Å². The molecule has 2 aromatic heterocycles. The van der Waals surface area contributed by atoms with Crippen LogP contribution in [0.4, 0.5) is 10.9 Å². The van der Waals surface area contributed by atoms with E-state index < -0.39 is 0 Å². The Morgan fingerprint density at radius 1 is 1.11 bits per heavy atom. The third kappa shape index (κ3) is 5.82. The van der Waals surface area contributed by atoms with E-state index in [1.54, 1.807) is 0 Å². The Labute approximate surface area is 211 Å². The fourth-order valence-corrected chi connectivity index (χ4v) is 4.72. The summed E-state index contributed by atoms with van der Waals surface area (Å²) in [7, 11) is 1.88. The monoisotopic (exact) mass is 490 g/mol. The van der Waals surface area contributed by atoms with Gasteiger partial charge in [0.15, 0.2) is 5.82 Å². The molecule has 4 rings (SSSR count). The van der Waals surface area contributed by atoms with Crippen LogP contribution in [0.15, 0.2) is 54.6 Å². The highest BCUT2D eigenvalue weighted by Gasteiger charge is 2.23. The summed E-state index contributed by atoms with van der Waals surface area (Å²) in [5.41, 5.74) is 4.13. The number of carbonyl (C=O) groups excluding carboxylic acids is 1. The molecular weight excluding hydrogens is 456 g/mol. The predicted octanol–water partition coefficient (Wildman–Crippen LogP) is 5.54. The third-order valence-electron chi connectivity index (χ3n) is 5.71. The molecule has 184 valence electrons. The van der Waals surface area contributed by atoms with Gasteiger partial charge in [-0.2, -0.15) is 4.52 Å². The number of anilines is 2. The van der Waals surface area contributed by atoms with Crippen molar-refractivity contribution in [3.63, 3.8) is 0 Å². The van der Waals surface area contributed by atoms with Crippen molar-refractivity contribution in [2.24, 2.45) is 0 Å². The highest BCUT2D eigenvalue weighted by Crippen LogP contribution is 2.34. The van der Waals surface area contributed by atoms with E-state index in [0.29, 0.717) is 0 Å². The molecule has 4 aromatic rings. The zero-order chi connectivity index (χ0) is 25.2. The van der Waals surface area contributed by atoms with Crippen LogP contribution in [0.2, 0.25) is 0 Å². The number of hydrogen-bond donors (Lipinski definition) is 2. The minimum absolute atomic E-state index is 0.0542. The summed E-state index contributed by atoms with van der Waals surface area (Å²) >= 11 is 1.47. The topological polar surface area (TPSA) is 74.6 Å². The van der Waals surface area contributed by atoms with Crippen molar-refractivity contribution in [2.75, 3.05) is 23.8 Å². The average molecular weight is 491 g/mol. The van der Waals surface area contributed by atoms with E-state index >= 15 is 0 Å². The zero-order valence-corrected chi connectivity index (χ0v) is 22.1. The predicted molar refractivity (Wildman–Crippen MR) is 145 cm³/mol. The Morgan fingerprint density at radius 3 is 2.43 bits per heavy atom. The number of likely N-dealkylation sites (N-methyl/N-ethyl adjacent to an activating group) is 1. The summed E-state index contributed by atoms with van der Waals surface area (Å²) in [6.45, 7) is 10.7. The number of hydrogen-bond acceptors (Lipinski definition) is 6. The summed E-state index contributed by atoms with van der Waals surface area (Å²) in [5.74, 6) is 0.802. The molecule has 0 aliphatic carbocycles. The van der Waals surface area contributed by atoms with Gasteiger partial charge in [-0.15, -0.1) is 5.10 Å². The maximum absolute atomic E-state index is 12.7. The van der Waals surface area contributed by atoms with Gasteiger partial charge in [0.1, 0.15) is 5.69 Å². The SMILES string of the molecule is CCc1ccc(-c2nc3sc(N(C)CC(=O)N[C@@H](C)c4ccccc4)nn3c2NC(C)(C)C)cc1. The lowest BCUT2D eigenvalue weighted by molar-refractivity contribution is -0.120. The van der Waals surface area contributed by atoms with E-state index in [-0.39, 0.29) is 24.0 Å². The minimum atomic E-state index is -0.169. The Bertz CT molecular complexity index is 1290. The van der Waals surface area contributed by atoms with Gasteiger partial charge in [0.05, 0.1) is 12.6 Å². The van der Waals surface area contributed by atoms with Crippen molar-refractivity contribution >= 4 is 33.2 Å². The van der Waals surface area contributed by atoms with Crippen LogP contribution in [0, 0.1) is 0 Å². The third-order valence-corrected chi connectivity index (χ3v) is 6.73. The summed E-state index contributed by atoms with van der Waals surface area (Å²) in [6.07, 6.45) is 1.00. The molecule has 0 aliphatic rings. The molecule has 2 aromatic carbocycles. The zero-order valence-electron chi connectivity index (χ0n) is 21.3. The average Bonchev–Trinajstić information content (AvgIpc) is 3.38. The van der Waals surface area contributed by atoms with Gasteiger partial charge in [-0.3, -0.25) is 4.79 Å². The van der Waals surface area contributed by atoms with E-state index in [1.165, 1.54) is 16.9 Å². The van der Waals surface area contributed by atoms with Crippen LogP contribution >= 0.6 is 11.3 Å². The molecule has 0 spiro atoms. The number of benzene rings is 2. The van der Waals surface area contributed by atoms with Crippen LogP contribution in [0.25, 0.3) is 16.2 Å². The molecule has 0 saturated heterocycles. The van der Waals surface area contributed by atoms with Crippen molar-refractivity contribution in [1.82, 2.24) is 19.9 Å². The first-order chi connectivity index (χ1) is 16.6. The van der Waals surface area contributed by atoms with E-state index in [4.69, 9.17) is 10.1 Å². The second-order valence-electron chi connectivity index (χ2n) is 9.87. The molecule has 2 N–H and O–H groups in total. The molecule has 1 amide bonds. The normalized spacial score (nSPS) is 12.5. The van der Waals surface area contributed by atoms with Gasteiger partial charge in [0.25, 0.3) is 0 Å². The van der Waals surface area contributed by atoms with Crippen molar-refractivity contribution in [3.8, 4) is 11.3 Å². The van der Waals surface area contributed by atoms with Crippen LogP contribution in [0.1, 0.15) is 51.8 Å². The summed E-state index contributed by atoms with van der Waals surface area (Å²) in [5, 5.41) is 12.2. The van der Waals surface area contributed by atoms with Crippen molar-refractivity contribution in [2.45, 2.75) is 52.6 Å². The molecule has 0 unspecified atom stereocenters. The van der Waals surface area contributed by atoms with Crippen molar-refractivity contribution in [3.05, 3.63) is 65.7 Å². The molecule has 0 bridgehead atoms. The first-order valence-electron chi connectivity index (χ1n) is 12.0. The molecule has 0 saturated carbocycles. The number of rotatable bonds is 8. The first-order valence-corrected chi connectivity index (χ1v) is 12.8. The second-order valence-corrected chi connectivity index (χ2v) is 10.8. The van der Waals surface area contributed by atoms with E-state index in [9.17, 15) is 4.79 Å². The van der Waals surface area contributed by atoms with Gasteiger partial charge in [0.2, 0.25) is 16.0 Å². The van der Waals surface area contributed by atoms with Gasteiger partial charge >= 0.3 is 0 Å². The maximum Gasteiger partial charge on any atom is 0.240 e. The molecular formula is C27H34N6OS. The number of nitrogens with one attached hydrogen (secondary N) is 2. The lowest BCUT2D eigenvalue weighted by atomic mass is 10.1. The summed E-state index contributed by atoms with van der Waals surface area (Å²) in [6, 6.07) is 18.4. The summed E-state index contributed by atoms with van der Waals surface area (Å²) in [4.78, 5) is 20.3. The number of aryl methyl sites for hydroxylation is 1. The molecule has 2 heterocycles. The van der Waals surface area contributed by atoms with E-state index in [0.717, 1.165) is 39.2 Å². The molecule has 35 heavy (non-hydrogen) atoms. The molecule has 0 aliphatic heterocycles. The van der Waals surface area contributed by atoms with Crippen molar-refractivity contribution < 1.29 is 4.79 Å². The highest BCUT2D eigenvalue weighted by molar-refractivity contribution is 7.20. The molecule has 1 atom stereocenters. The Hall–Kier alpha value is -3.39. The van der Waals surface area contributed by atoms with Crippen LogP contribution < -0.4 is 15.5 Å². The molecule has 8 heteroatoms. The Morgan fingerprint density at radius 2 is 1.80 bits per heavy atom. The smallest absolute Gasteiger partial charge is 0.240 e. The largest absolute Gasteiger partial charge is 0.364 e. The van der Waals surface area contributed by atoms with Gasteiger partial charge < -0.3 is 15.5 Å². The van der Waals surface area contributed by atoms with Crippen LogP contribution in [-0.2, 0) is 11.2 Å². The van der Waals surface area contributed by atoms with Crippen molar-refractivity contribution in [1.29, 1.82) is 0 Å². The van der Waals surface area contributed by atoms with Gasteiger partial charge in [-0.25, -0.2) is 4.98 Å². The van der Waals surface area contributed by atoms with E-state index in [1.807, 2.05) is 53.7 Å². The second kappa shape index (κ2) is 10.1. The molecule has 0 radical (unpaired) electrons. The molecule has 0 fully saturated rings. The van der Waals surface area contributed by atoms with Crippen LogP contribution in [0.5, 0.6) is 0 Å². The number of carbonyl (C=O) groups is 1. The van der Waals surface area contributed by atoms with Crippen LogP contribution in [0.3, 0.4) is 0 Å². The van der Waals surface area contributed by atoms with Crippen LogP contribution in [-0.4, -0.2) is 39.6 Å². The number of amides is 1. The lowest BCUT2D eigenvalue weighted by Gasteiger charge is -2.22. The molecule has 7 nitrogen and oxygen atoms in total. The minimum Gasteiger partial charge on any atom is -0.364 e. The first kappa shape index (κ1) is 24.7. The number of aromatic nitrogens is 3. The summed E-state index contributed by atoms with van der Waals surface area (Å²) < 4.78 is 1.86. The lowest BCUT2D eigenvalue weighted by Crippen LogP contribution is -2.36. The number of imidazole rings is 1. The Kier molecular flexibility index (Phi) is 7.12. The quantitative estimate of drug-likeness (QED) is 0.339. The Balaban J connectivity index is 1.56. The standard InChI is InChI=1S/C27H34N6OS/c1-7-19-13-15-21(16-14-19)23-24(30-27(3,4)5)33-25(29-23)35-26(31-33)32(6)17-22(34)28-18(2)20-11-9-8-10-12-20/h8-16,18,30H,7,17H2,1-6H3,(H,28,34)/t18-/m0/s1. The van der Waals surface area contributed by atoms with Gasteiger partial charge in [-0.1, -0.05) is 72.9 Å². The van der Waals surface area contributed by atoms with E-state index in [2.05, 4.69) is 62.6 Å². The maximum atomic E-state index is 12.7. The number of nitrogens with zero attached hydrogens (tertiary/aromatic N) is 4. The highest BCUT2D eigenvalue weighted by atomic mass is 32.1. The van der Waals surface area contributed by atoms with Gasteiger partial charge in [0, 0.05) is 18.2 Å². The number of fused-ring (bicyclic) bond motifs is 1. The fourth-order valence-electron chi connectivity index (χ4n) is 3.85. The fraction of sp³-hybridized carbons (Fsp3) is 0.370.